The van der Waals surface area contributed by atoms with Crippen molar-refractivity contribution >= 4 is 41.4 Å². The van der Waals surface area contributed by atoms with Gasteiger partial charge in [0.05, 0.1) is 0 Å². The number of alkyl halides is 2. The van der Waals surface area contributed by atoms with Crippen molar-refractivity contribution in [3.05, 3.63) is 0 Å². The van der Waals surface area contributed by atoms with E-state index in [1.807, 2.05) is 0 Å². The molecule has 0 aliphatic carbocycles. The Bertz CT molecular complexity index is 83.0. The molecular weight excluding hydrogens is 320 g/mol. The molecule has 1 heterocycles. The second-order valence-electron chi connectivity index (χ2n) is 1.11. The van der Waals surface area contributed by atoms with Crippen LogP contribution in [0, 0.1) is 0 Å². The summed E-state index contributed by atoms with van der Waals surface area (Å²) in [5.41, 5.74) is 0. The number of hydrogen-bond donors (Lipinski definition) is 2. The molecule has 0 aromatic carbocycles. The molecule has 0 atom stereocenters. The molecule has 1 aliphatic heterocycles. The number of hydrogen-bond acceptors (Lipinski definition) is 3. The van der Waals surface area contributed by atoms with Crippen LogP contribution in [0.25, 0.3) is 0 Å². The van der Waals surface area contributed by atoms with Crippen molar-refractivity contribution in [3.63, 3.8) is 0 Å². The fourth-order valence-corrected chi connectivity index (χ4v) is 8.00. The Morgan fingerprint density at radius 1 is 1.86 bits per heavy atom. The molecule has 0 fully saturated rings. The van der Waals surface area contributed by atoms with E-state index in [0.717, 1.165) is 0 Å². The third kappa shape index (κ3) is 2.29. The van der Waals surface area contributed by atoms with Gasteiger partial charge in [-0.2, -0.15) is 0 Å². The first-order chi connectivity index (χ1) is 3.39. The first kappa shape index (κ1) is 6.30. The van der Waals surface area contributed by atoms with E-state index in [9.17, 15) is 0 Å². The fourth-order valence-electron chi connectivity index (χ4n) is 0.229. The van der Waals surface area contributed by atoms with E-state index in [1.165, 1.54) is 4.55 Å². The molecule has 2 N–H and O–H groups in total. The first-order valence-corrected chi connectivity index (χ1v) is 8.57. The molecule has 0 saturated carbocycles. The zero-order valence-electron chi connectivity index (χ0n) is 3.91. The molecule has 0 bridgehead atoms. The van der Waals surface area contributed by atoms with Gasteiger partial charge in [0.25, 0.3) is 0 Å². The molecule has 3 nitrogen and oxygen atoms in total. The topological polar surface area (TPSA) is 36.4 Å². The van der Waals surface area contributed by atoms with Gasteiger partial charge >= 0.3 is 61.3 Å². The third-order valence-corrected chi connectivity index (χ3v) is 6.71. The summed E-state index contributed by atoms with van der Waals surface area (Å²) in [6.07, 6.45) is 0. The zero-order chi connectivity index (χ0) is 5.11. The van der Waals surface area contributed by atoms with Crippen LogP contribution >= 0.6 is 41.4 Å². The Hall–Kier alpha value is 1.18. The van der Waals surface area contributed by atoms with E-state index in [4.69, 9.17) is 0 Å². The molecule has 0 aromatic rings. The molecule has 44 valence electrons. The SMILES string of the molecule is CI1CNI=NN1. The van der Waals surface area contributed by atoms with Crippen LogP contribution in [0.2, 0.25) is 0 Å². The van der Waals surface area contributed by atoms with E-state index >= 15 is 0 Å². The fraction of sp³-hybridized carbons (Fsp3) is 1.00. The molecule has 0 radical (unpaired) electrons. The molecule has 7 heavy (non-hydrogen) atoms. The summed E-state index contributed by atoms with van der Waals surface area (Å²) in [5.74, 6) is 0. The van der Waals surface area contributed by atoms with Gasteiger partial charge in [-0.1, -0.05) is 0 Å². The third-order valence-electron chi connectivity index (χ3n) is 0.529. The van der Waals surface area contributed by atoms with Crippen LogP contribution in [0.3, 0.4) is 0 Å². The maximum absolute atomic E-state index is 4.08. The molecule has 0 amide bonds. The molecule has 1 aliphatic rings. The Kier molecular flexibility index (Phi) is 2.93. The average Bonchev–Trinajstić information content (AvgIpc) is 1.69. The molecule has 0 spiro atoms. The Morgan fingerprint density at radius 2 is 2.71 bits per heavy atom. The van der Waals surface area contributed by atoms with Crippen LogP contribution in [0.5, 0.6) is 0 Å². The zero-order valence-corrected chi connectivity index (χ0v) is 8.23. The van der Waals surface area contributed by atoms with Crippen LogP contribution in [-0.2, 0) is 0 Å². The Morgan fingerprint density at radius 3 is 3.00 bits per heavy atom. The van der Waals surface area contributed by atoms with Crippen LogP contribution in [0.1, 0.15) is 0 Å². The molecular formula is C2H7I2N3. The Balaban J connectivity index is 2.32. The van der Waals surface area contributed by atoms with Crippen molar-refractivity contribution in [1.29, 1.82) is 0 Å². The number of halogens is 2. The van der Waals surface area contributed by atoms with E-state index in [0.29, 0.717) is 0 Å². The van der Waals surface area contributed by atoms with Gasteiger partial charge in [0.2, 0.25) is 0 Å². The minimum absolute atomic E-state index is 0.00941. The van der Waals surface area contributed by atoms with Gasteiger partial charge in [-0.05, 0) is 0 Å². The first-order valence-electron chi connectivity index (χ1n) is 1.77. The predicted octanol–water partition coefficient (Wildman–Crippen LogP) is 1.17. The number of nitrogens with zero attached hydrogens (tertiary/aromatic N) is 1. The maximum atomic E-state index is 4.08. The van der Waals surface area contributed by atoms with E-state index < -0.39 is 20.1 Å². The van der Waals surface area contributed by atoms with Gasteiger partial charge in [-0.25, -0.2) is 0 Å². The minimum atomic E-state index is -0.739. The molecule has 5 heteroatoms. The average molecular weight is 327 g/mol. The summed E-state index contributed by atoms with van der Waals surface area (Å²) in [6, 6.07) is 0. The van der Waals surface area contributed by atoms with Crippen LogP contribution < -0.4 is 7.17 Å². The van der Waals surface area contributed by atoms with Crippen LogP contribution in [0.15, 0.2) is 3.25 Å². The van der Waals surface area contributed by atoms with Gasteiger partial charge < -0.3 is 0 Å². The van der Waals surface area contributed by atoms with Crippen molar-refractivity contribution in [2.24, 2.45) is 3.25 Å². The molecule has 0 saturated heterocycles. The van der Waals surface area contributed by atoms with Gasteiger partial charge in [0.15, 0.2) is 0 Å². The van der Waals surface area contributed by atoms with Gasteiger partial charge in [-0.3, -0.25) is 0 Å². The van der Waals surface area contributed by atoms with Crippen LogP contribution in [-0.4, -0.2) is 9.48 Å². The van der Waals surface area contributed by atoms with Crippen molar-refractivity contribution < 1.29 is 0 Å². The second kappa shape index (κ2) is 3.25. The second-order valence-corrected chi connectivity index (χ2v) is 7.45. The summed E-state index contributed by atoms with van der Waals surface area (Å²) < 4.78 is 11.7. The van der Waals surface area contributed by atoms with Crippen molar-refractivity contribution in [2.45, 2.75) is 0 Å². The van der Waals surface area contributed by atoms with Gasteiger partial charge in [0.1, 0.15) is 0 Å². The number of nitrogens with one attached hydrogen (secondary N) is 2. The van der Waals surface area contributed by atoms with Crippen LogP contribution in [0.4, 0.5) is 0 Å². The van der Waals surface area contributed by atoms with Gasteiger partial charge in [-0.15, -0.1) is 0 Å². The molecule has 0 unspecified atom stereocenters. The quantitative estimate of drug-likeness (QED) is 0.303. The summed E-state index contributed by atoms with van der Waals surface area (Å²) in [5, 5.41) is 0. The van der Waals surface area contributed by atoms with E-state index in [1.54, 1.807) is 0 Å². The summed E-state index contributed by atoms with van der Waals surface area (Å²) in [7, 11) is 0. The Labute approximate surface area is 60.9 Å². The van der Waals surface area contributed by atoms with E-state index in [-0.39, 0.29) is 21.3 Å². The molecule has 1 rings (SSSR count). The monoisotopic (exact) mass is 327 g/mol. The van der Waals surface area contributed by atoms with Crippen molar-refractivity contribution in [1.82, 2.24) is 7.17 Å². The standard InChI is InChI=1S/C2H7I2N3/c1-4-2-5-3-6-7-4/h7H,2H2,1H3,(H,5,6). The summed E-state index contributed by atoms with van der Waals surface area (Å²) in [4.78, 5) is 2.27. The van der Waals surface area contributed by atoms with E-state index in [2.05, 4.69) is 15.4 Å². The summed E-state index contributed by atoms with van der Waals surface area (Å²) >= 11 is -0.749. The van der Waals surface area contributed by atoms with Crippen molar-refractivity contribution in [2.75, 3.05) is 9.48 Å². The summed E-state index contributed by atoms with van der Waals surface area (Å²) in [6.45, 7) is 0. The normalized spacial score (nSPS) is 26.7. The predicted molar refractivity (Wildman–Crippen MR) is 47.5 cm³/mol. The van der Waals surface area contributed by atoms with Crippen molar-refractivity contribution in [3.8, 4) is 0 Å². The van der Waals surface area contributed by atoms with Gasteiger partial charge in [0, 0.05) is 0 Å². The molecule has 0 aromatic heterocycles. The number of rotatable bonds is 0.